The average Bonchev–Trinajstić information content (AvgIpc) is 2.97. The van der Waals surface area contributed by atoms with E-state index in [1.165, 1.54) is 0 Å². The number of benzene rings is 2. The molecule has 1 N–H and O–H groups in total. The molecule has 3 aromatic rings. The van der Waals surface area contributed by atoms with Crippen LogP contribution in [0.5, 0.6) is 0 Å². The molecule has 1 heterocycles. The number of carboxylic acid groups (broad SMARTS) is 1. The summed E-state index contributed by atoms with van der Waals surface area (Å²) in [6, 6.07) is 18.6. The molecule has 21 heavy (non-hydrogen) atoms. The first-order valence-corrected chi connectivity index (χ1v) is 7.16. The molecule has 2 aromatic carbocycles. The highest BCUT2D eigenvalue weighted by Crippen LogP contribution is 2.26. The zero-order chi connectivity index (χ0) is 14.7. The SMILES string of the molecule is O=C(O)c1ccc(-n2ccc(Sc3ccccc3)n2)cc1. The minimum Gasteiger partial charge on any atom is -0.478 e. The van der Waals surface area contributed by atoms with Crippen LogP contribution < -0.4 is 0 Å². The molecule has 5 heteroatoms. The van der Waals surface area contributed by atoms with Crippen LogP contribution in [0.4, 0.5) is 0 Å². The van der Waals surface area contributed by atoms with Crippen LogP contribution in [0.15, 0.2) is 76.8 Å². The van der Waals surface area contributed by atoms with Gasteiger partial charge in [-0.3, -0.25) is 0 Å². The van der Waals surface area contributed by atoms with Crippen molar-refractivity contribution in [1.82, 2.24) is 9.78 Å². The van der Waals surface area contributed by atoms with E-state index < -0.39 is 5.97 Å². The number of aromatic nitrogens is 2. The third-order valence-electron chi connectivity index (χ3n) is 2.91. The van der Waals surface area contributed by atoms with Crippen molar-refractivity contribution in [2.75, 3.05) is 0 Å². The lowest BCUT2D eigenvalue weighted by atomic mass is 10.2. The number of nitrogens with zero attached hydrogens (tertiary/aromatic N) is 2. The Morgan fingerprint density at radius 2 is 1.71 bits per heavy atom. The molecule has 0 saturated heterocycles. The summed E-state index contributed by atoms with van der Waals surface area (Å²) in [6.07, 6.45) is 1.86. The predicted molar refractivity (Wildman–Crippen MR) is 81.1 cm³/mol. The Morgan fingerprint density at radius 1 is 1.00 bits per heavy atom. The first-order valence-electron chi connectivity index (χ1n) is 6.35. The first-order chi connectivity index (χ1) is 10.2. The zero-order valence-corrected chi connectivity index (χ0v) is 11.8. The summed E-state index contributed by atoms with van der Waals surface area (Å²) in [7, 11) is 0. The number of aromatic carboxylic acids is 1. The molecule has 0 spiro atoms. The second kappa shape index (κ2) is 5.85. The van der Waals surface area contributed by atoms with Crippen molar-refractivity contribution in [3.8, 4) is 5.69 Å². The maximum absolute atomic E-state index is 10.8. The molecule has 104 valence electrons. The Bertz CT molecular complexity index is 751. The van der Waals surface area contributed by atoms with Crippen LogP contribution in [0.2, 0.25) is 0 Å². The van der Waals surface area contributed by atoms with E-state index in [1.54, 1.807) is 40.7 Å². The van der Waals surface area contributed by atoms with E-state index in [2.05, 4.69) is 5.10 Å². The van der Waals surface area contributed by atoms with Crippen molar-refractivity contribution in [2.24, 2.45) is 0 Å². The summed E-state index contributed by atoms with van der Waals surface area (Å²) in [6.45, 7) is 0. The highest BCUT2D eigenvalue weighted by molar-refractivity contribution is 7.99. The van der Waals surface area contributed by atoms with E-state index >= 15 is 0 Å². The van der Waals surface area contributed by atoms with Gasteiger partial charge in [-0.15, -0.1) is 0 Å². The molecule has 0 saturated carbocycles. The van der Waals surface area contributed by atoms with Gasteiger partial charge in [0.2, 0.25) is 0 Å². The van der Waals surface area contributed by atoms with E-state index in [0.29, 0.717) is 0 Å². The molecule has 0 aliphatic heterocycles. The van der Waals surface area contributed by atoms with Crippen LogP contribution in [0.1, 0.15) is 10.4 Å². The Kier molecular flexibility index (Phi) is 3.75. The minimum atomic E-state index is -0.928. The lowest BCUT2D eigenvalue weighted by Crippen LogP contribution is -1.98. The third-order valence-corrected chi connectivity index (χ3v) is 3.84. The second-order valence-corrected chi connectivity index (χ2v) is 5.46. The highest BCUT2D eigenvalue weighted by atomic mass is 32.2. The molecule has 3 rings (SSSR count). The van der Waals surface area contributed by atoms with Crippen LogP contribution in [-0.4, -0.2) is 20.9 Å². The van der Waals surface area contributed by atoms with Crippen molar-refractivity contribution >= 4 is 17.7 Å². The molecule has 0 bridgehead atoms. The summed E-state index contributed by atoms with van der Waals surface area (Å²) in [5, 5.41) is 14.3. The maximum atomic E-state index is 10.8. The van der Waals surface area contributed by atoms with Crippen LogP contribution in [-0.2, 0) is 0 Å². The summed E-state index contributed by atoms with van der Waals surface area (Å²) in [4.78, 5) is 12.0. The molecule has 0 unspecified atom stereocenters. The Hall–Kier alpha value is -2.53. The van der Waals surface area contributed by atoms with Gasteiger partial charge in [-0.2, -0.15) is 5.10 Å². The van der Waals surface area contributed by atoms with Gasteiger partial charge in [0, 0.05) is 11.1 Å². The van der Waals surface area contributed by atoms with E-state index in [1.807, 2.05) is 42.6 Å². The van der Waals surface area contributed by atoms with E-state index in [0.717, 1.165) is 15.6 Å². The summed E-state index contributed by atoms with van der Waals surface area (Å²) >= 11 is 1.59. The molecular weight excluding hydrogens is 284 g/mol. The largest absolute Gasteiger partial charge is 0.478 e. The van der Waals surface area contributed by atoms with E-state index in [-0.39, 0.29) is 5.56 Å². The quantitative estimate of drug-likeness (QED) is 0.797. The van der Waals surface area contributed by atoms with Gasteiger partial charge in [-0.05, 0) is 42.5 Å². The minimum absolute atomic E-state index is 0.268. The van der Waals surface area contributed by atoms with Gasteiger partial charge >= 0.3 is 5.97 Å². The molecular formula is C16H12N2O2S. The predicted octanol–water partition coefficient (Wildman–Crippen LogP) is 3.72. The van der Waals surface area contributed by atoms with Crippen molar-refractivity contribution in [2.45, 2.75) is 9.92 Å². The fourth-order valence-corrected chi connectivity index (χ4v) is 2.66. The van der Waals surface area contributed by atoms with Crippen LogP contribution >= 0.6 is 11.8 Å². The number of hydrogen-bond donors (Lipinski definition) is 1. The van der Waals surface area contributed by atoms with E-state index in [9.17, 15) is 4.79 Å². The summed E-state index contributed by atoms with van der Waals surface area (Å²) < 4.78 is 1.73. The Morgan fingerprint density at radius 3 is 2.38 bits per heavy atom. The molecule has 0 radical (unpaired) electrons. The fourth-order valence-electron chi connectivity index (χ4n) is 1.87. The summed E-state index contributed by atoms with van der Waals surface area (Å²) in [5.41, 5.74) is 1.10. The molecule has 0 atom stereocenters. The molecule has 0 fully saturated rings. The Labute approximate surface area is 126 Å². The summed E-state index contributed by atoms with van der Waals surface area (Å²) in [5.74, 6) is -0.928. The van der Waals surface area contributed by atoms with Gasteiger partial charge in [-0.1, -0.05) is 30.0 Å². The van der Waals surface area contributed by atoms with E-state index in [4.69, 9.17) is 5.11 Å². The zero-order valence-electron chi connectivity index (χ0n) is 11.0. The van der Waals surface area contributed by atoms with Gasteiger partial charge in [0.05, 0.1) is 11.3 Å². The fraction of sp³-hybridized carbons (Fsp3) is 0. The molecule has 1 aromatic heterocycles. The average molecular weight is 296 g/mol. The van der Waals surface area contributed by atoms with Gasteiger partial charge in [0.15, 0.2) is 0 Å². The smallest absolute Gasteiger partial charge is 0.335 e. The first kappa shape index (κ1) is 13.5. The molecule has 0 amide bonds. The lowest BCUT2D eigenvalue weighted by molar-refractivity contribution is 0.0697. The van der Waals surface area contributed by atoms with Crippen LogP contribution in [0, 0.1) is 0 Å². The van der Waals surface area contributed by atoms with Gasteiger partial charge in [0.1, 0.15) is 5.03 Å². The monoisotopic (exact) mass is 296 g/mol. The van der Waals surface area contributed by atoms with Crippen LogP contribution in [0.3, 0.4) is 0 Å². The third kappa shape index (κ3) is 3.14. The van der Waals surface area contributed by atoms with Crippen LogP contribution in [0.25, 0.3) is 5.69 Å². The topological polar surface area (TPSA) is 55.1 Å². The number of carbonyl (C=O) groups is 1. The van der Waals surface area contributed by atoms with Crippen molar-refractivity contribution in [1.29, 1.82) is 0 Å². The highest BCUT2D eigenvalue weighted by Gasteiger charge is 2.05. The Balaban J connectivity index is 1.80. The standard InChI is InChI=1S/C16H12N2O2S/c19-16(20)12-6-8-13(9-7-12)18-11-10-15(17-18)21-14-4-2-1-3-5-14/h1-11H,(H,19,20). The van der Waals surface area contributed by atoms with Gasteiger partial charge in [-0.25, -0.2) is 9.48 Å². The molecule has 4 nitrogen and oxygen atoms in total. The lowest BCUT2D eigenvalue weighted by Gasteiger charge is -2.02. The van der Waals surface area contributed by atoms with Crippen molar-refractivity contribution in [3.05, 3.63) is 72.4 Å². The number of rotatable bonds is 4. The van der Waals surface area contributed by atoms with Crippen molar-refractivity contribution in [3.63, 3.8) is 0 Å². The second-order valence-electron chi connectivity index (χ2n) is 4.37. The van der Waals surface area contributed by atoms with Crippen molar-refractivity contribution < 1.29 is 9.90 Å². The van der Waals surface area contributed by atoms with Gasteiger partial charge < -0.3 is 5.11 Å². The molecule has 0 aliphatic carbocycles. The number of hydrogen-bond acceptors (Lipinski definition) is 3. The normalized spacial score (nSPS) is 10.5. The molecule has 0 aliphatic rings. The number of carboxylic acids is 1. The van der Waals surface area contributed by atoms with Gasteiger partial charge in [0.25, 0.3) is 0 Å². The maximum Gasteiger partial charge on any atom is 0.335 e.